The van der Waals surface area contributed by atoms with E-state index in [-0.39, 0.29) is 11.5 Å². The number of morpholine rings is 1. The molecule has 1 aliphatic carbocycles. The van der Waals surface area contributed by atoms with E-state index >= 15 is 0 Å². The van der Waals surface area contributed by atoms with E-state index in [1.54, 1.807) is 7.11 Å². The number of hydrogen-bond donors (Lipinski definition) is 1. The van der Waals surface area contributed by atoms with Crippen LogP contribution in [0.2, 0.25) is 0 Å². The number of likely N-dealkylation sites (tertiary alicyclic amines) is 1. The Morgan fingerprint density at radius 2 is 1.97 bits per heavy atom. The predicted octanol–water partition coefficient (Wildman–Crippen LogP) is 2.53. The van der Waals surface area contributed by atoms with Crippen molar-refractivity contribution in [1.29, 1.82) is 0 Å². The first-order valence-corrected chi connectivity index (χ1v) is 11.2. The van der Waals surface area contributed by atoms with Crippen molar-refractivity contribution in [2.45, 2.75) is 44.8 Å². The fraction of sp³-hybridized carbons (Fsp3) is 0.739. The standard InChI is InChI=1S/C23H36N2O4/c1-27-20-6-2-5-19(22(20)29-16-13-24-11-14-28-15-12-24)17-25-10-4-9-23(18-25)8-3-7-21(23)26/h2,5-6,21,26H,3-4,7-18H2,1H3/t21-,23+/m1/s1. The molecule has 6 heteroatoms. The van der Waals surface area contributed by atoms with Gasteiger partial charge in [-0.3, -0.25) is 9.80 Å². The van der Waals surface area contributed by atoms with Gasteiger partial charge in [-0.15, -0.1) is 0 Å². The topological polar surface area (TPSA) is 54.4 Å². The number of para-hydroxylation sites is 1. The predicted molar refractivity (Wildman–Crippen MR) is 113 cm³/mol. The molecule has 3 fully saturated rings. The van der Waals surface area contributed by atoms with E-state index in [2.05, 4.69) is 15.9 Å². The summed E-state index contributed by atoms with van der Waals surface area (Å²) in [6, 6.07) is 6.18. The number of aliphatic hydroxyl groups is 1. The number of ether oxygens (including phenoxy) is 3. The minimum Gasteiger partial charge on any atom is -0.493 e. The molecule has 1 aromatic rings. The van der Waals surface area contributed by atoms with Crippen molar-refractivity contribution < 1.29 is 19.3 Å². The normalized spacial score (nSPS) is 28.7. The van der Waals surface area contributed by atoms with E-state index in [0.717, 1.165) is 96.1 Å². The van der Waals surface area contributed by atoms with E-state index in [9.17, 15) is 5.11 Å². The molecule has 162 valence electrons. The van der Waals surface area contributed by atoms with Crippen molar-refractivity contribution >= 4 is 0 Å². The van der Waals surface area contributed by atoms with Crippen LogP contribution in [-0.4, -0.2) is 80.7 Å². The molecule has 0 radical (unpaired) electrons. The molecule has 29 heavy (non-hydrogen) atoms. The SMILES string of the molecule is COc1cccc(CN2CCC[C@@]3(CCC[C@H]3O)C2)c1OCCN1CCOCC1. The summed E-state index contributed by atoms with van der Waals surface area (Å²) >= 11 is 0. The number of aliphatic hydroxyl groups excluding tert-OH is 1. The lowest BCUT2D eigenvalue weighted by Gasteiger charge is -2.42. The zero-order valence-corrected chi connectivity index (χ0v) is 17.8. The average molecular weight is 405 g/mol. The van der Waals surface area contributed by atoms with Crippen molar-refractivity contribution in [2.75, 3.05) is 59.7 Å². The van der Waals surface area contributed by atoms with Gasteiger partial charge in [0, 0.05) is 43.7 Å². The van der Waals surface area contributed by atoms with Crippen molar-refractivity contribution in [3.8, 4) is 11.5 Å². The molecule has 1 N–H and O–H groups in total. The summed E-state index contributed by atoms with van der Waals surface area (Å²) in [5, 5.41) is 10.6. The van der Waals surface area contributed by atoms with Crippen LogP contribution in [0, 0.1) is 5.41 Å². The Morgan fingerprint density at radius 1 is 1.14 bits per heavy atom. The second-order valence-corrected chi connectivity index (χ2v) is 8.84. The van der Waals surface area contributed by atoms with Gasteiger partial charge in [0.15, 0.2) is 11.5 Å². The minimum absolute atomic E-state index is 0.106. The van der Waals surface area contributed by atoms with Gasteiger partial charge in [0.1, 0.15) is 6.61 Å². The van der Waals surface area contributed by atoms with Crippen LogP contribution in [0.15, 0.2) is 18.2 Å². The largest absolute Gasteiger partial charge is 0.493 e. The molecular weight excluding hydrogens is 368 g/mol. The van der Waals surface area contributed by atoms with E-state index in [1.165, 1.54) is 5.56 Å². The highest BCUT2D eigenvalue weighted by atomic mass is 16.5. The molecule has 0 aromatic heterocycles. The van der Waals surface area contributed by atoms with Gasteiger partial charge >= 0.3 is 0 Å². The van der Waals surface area contributed by atoms with E-state index in [4.69, 9.17) is 14.2 Å². The third-order valence-electron chi connectivity index (χ3n) is 6.98. The number of hydrogen-bond acceptors (Lipinski definition) is 6. The lowest BCUT2D eigenvalue weighted by molar-refractivity contribution is -0.0122. The number of rotatable bonds is 7. The first-order valence-electron chi connectivity index (χ1n) is 11.2. The Kier molecular flexibility index (Phi) is 6.96. The molecule has 2 heterocycles. The zero-order valence-electron chi connectivity index (χ0n) is 17.8. The molecule has 1 aromatic carbocycles. The van der Waals surface area contributed by atoms with Crippen LogP contribution in [-0.2, 0) is 11.3 Å². The minimum atomic E-state index is -0.139. The van der Waals surface area contributed by atoms with Gasteiger partial charge in [0.05, 0.1) is 26.4 Å². The maximum Gasteiger partial charge on any atom is 0.165 e. The molecule has 0 unspecified atom stereocenters. The number of benzene rings is 1. The quantitative estimate of drug-likeness (QED) is 0.754. The van der Waals surface area contributed by atoms with Crippen LogP contribution in [0.1, 0.15) is 37.7 Å². The summed E-state index contributed by atoms with van der Waals surface area (Å²) in [5.41, 5.74) is 1.28. The Labute approximate surface area is 174 Å². The van der Waals surface area contributed by atoms with Gasteiger partial charge in [-0.25, -0.2) is 0 Å². The highest BCUT2D eigenvalue weighted by molar-refractivity contribution is 5.46. The Bertz CT molecular complexity index is 664. The molecule has 1 spiro atoms. The van der Waals surface area contributed by atoms with Crippen LogP contribution in [0.25, 0.3) is 0 Å². The van der Waals surface area contributed by atoms with Crippen molar-refractivity contribution in [3.63, 3.8) is 0 Å². The van der Waals surface area contributed by atoms with Gasteiger partial charge in [-0.1, -0.05) is 18.6 Å². The van der Waals surface area contributed by atoms with Crippen LogP contribution in [0.5, 0.6) is 11.5 Å². The van der Waals surface area contributed by atoms with Gasteiger partial charge in [-0.05, 0) is 38.3 Å². The monoisotopic (exact) mass is 404 g/mol. The molecule has 1 saturated carbocycles. The van der Waals surface area contributed by atoms with E-state index in [1.807, 2.05) is 12.1 Å². The molecule has 3 aliphatic rings. The lowest BCUT2D eigenvalue weighted by atomic mass is 9.76. The van der Waals surface area contributed by atoms with Gasteiger partial charge in [-0.2, -0.15) is 0 Å². The van der Waals surface area contributed by atoms with Crippen molar-refractivity contribution in [2.24, 2.45) is 5.41 Å². The van der Waals surface area contributed by atoms with Gasteiger partial charge in [0.25, 0.3) is 0 Å². The number of nitrogens with zero attached hydrogens (tertiary/aromatic N) is 2. The molecule has 4 rings (SSSR count). The maximum absolute atomic E-state index is 10.6. The molecule has 2 aliphatic heterocycles. The maximum atomic E-state index is 10.6. The summed E-state index contributed by atoms with van der Waals surface area (Å²) in [6.07, 6.45) is 5.46. The summed E-state index contributed by atoms with van der Waals surface area (Å²) < 4.78 is 17.3. The molecule has 0 bridgehead atoms. The van der Waals surface area contributed by atoms with Crippen LogP contribution < -0.4 is 9.47 Å². The first-order chi connectivity index (χ1) is 14.2. The Hall–Kier alpha value is -1.34. The Balaban J connectivity index is 1.41. The molecule has 2 atom stereocenters. The fourth-order valence-electron chi connectivity index (χ4n) is 5.34. The van der Waals surface area contributed by atoms with Crippen molar-refractivity contribution in [3.05, 3.63) is 23.8 Å². The van der Waals surface area contributed by atoms with Gasteiger partial charge < -0.3 is 19.3 Å². The number of piperidine rings is 1. The summed E-state index contributed by atoms with van der Waals surface area (Å²) in [7, 11) is 1.71. The molecular formula is C23H36N2O4. The van der Waals surface area contributed by atoms with Crippen molar-refractivity contribution in [1.82, 2.24) is 9.80 Å². The number of methoxy groups -OCH3 is 1. The van der Waals surface area contributed by atoms with E-state index in [0.29, 0.717) is 6.61 Å². The van der Waals surface area contributed by atoms with Crippen LogP contribution in [0.3, 0.4) is 0 Å². The van der Waals surface area contributed by atoms with Crippen LogP contribution in [0.4, 0.5) is 0 Å². The smallest absolute Gasteiger partial charge is 0.165 e. The summed E-state index contributed by atoms with van der Waals surface area (Å²) in [4.78, 5) is 4.89. The third kappa shape index (κ3) is 4.88. The fourth-order valence-corrected chi connectivity index (χ4v) is 5.34. The highest BCUT2D eigenvalue weighted by Gasteiger charge is 2.44. The first kappa shape index (κ1) is 20.9. The second-order valence-electron chi connectivity index (χ2n) is 8.84. The summed E-state index contributed by atoms with van der Waals surface area (Å²) in [6.45, 7) is 8.03. The lowest BCUT2D eigenvalue weighted by Crippen LogP contribution is -2.46. The molecule has 6 nitrogen and oxygen atoms in total. The Morgan fingerprint density at radius 3 is 2.72 bits per heavy atom. The van der Waals surface area contributed by atoms with Crippen LogP contribution >= 0.6 is 0 Å². The summed E-state index contributed by atoms with van der Waals surface area (Å²) in [5.74, 6) is 1.67. The average Bonchev–Trinajstić information content (AvgIpc) is 3.09. The van der Waals surface area contributed by atoms with E-state index < -0.39 is 0 Å². The third-order valence-corrected chi connectivity index (χ3v) is 6.98. The molecule has 2 saturated heterocycles. The second kappa shape index (κ2) is 9.65. The zero-order chi connectivity index (χ0) is 20.1. The highest BCUT2D eigenvalue weighted by Crippen LogP contribution is 2.45. The molecule has 0 amide bonds. The van der Waals surface area contributed by atoms with Gasteiger partial charge in [0.2, 0.25) is 0 Å².